The summed E-state index contributed by atoms with van der Waals surface area (Å²) in [6, 6.07) is -9.23. The number of aromatic hydroxyl groups is 2. The molecular weight excluding hydrogens is 1880 g/mol. The number of benzene rings is 2. The Morgan fingerprint density at radius 1 is 0.454 bits per heavy atom. The zero-order chi connectivity index (χ0) is 104. The molecule has 4 aliphatic carbocycles. The second-order valence-corrected chi connectivity index (χ2v) is 40.1. The fourth-order valence-corrected chi connectivity index (χ4v) is 21.4. The number of carbonyl (C=O) groups excluding carboxylic acids is 14. The van der Waals surface area contributed by atoms with E-state index in [1.54, 1.807) is 6.08 Å². The normalized spacial score (nSPS) is 23.7. The number of phenols is 2. The van der Waals surface area contributed by atoms with E-state index in [-0.39, 0.29) is 189 Å². The molecule has 0 radical (unpaired) electrons. The molecule has 141 heavy (non-hydrogen) atoms. The van der Waals surface area contributed by atoms with Crippen LogP contribution in [-0.2, 0) is 75.2 Å². The van der Waals surface area contributed by atoms with Gasteiger partial charge in [0.1, 0.15) is 78.0 Å². The molecule has 2 aromatic rings. The van der Waals surface area contributed by atoms with Gasteiger partial charge in [0, 0.05) is 80.2 Å². The van der Waals surface area contributed by atoms with Crippen molar-refractivity contribution in [1.29, 1.82) is 21.6 Å². The van der Waals surface area contributed by atoms with Gasteiger partial charge in [-0.2, -0.15) is 11.8 Å². The summed E-state index contributed by atoms with van der Waals surface area (Å²) in [5.41, 5.74) is 64.2. The largest absolute Gasteiger partial charge is 0.508 e. The third-order valence-corrected chi connectivity index (χ3v) is 28.4. The van der Waals surface area contributed by atoms with E-state index >= 15 is 47.9 Å². The first-order valence-electron chi connectivity index (χ1n) is 47.7. The quantitative estimate of drug-likeness (QED) is 0.00967. The van der Waals surface area contributed by atoms with E-state index in [0.29, 0.717) is 48.1 Å². The van der Waals surface area contributed by atoms with Crippen LogP contribution in [0.4, 0.5) is 4.79 Å². The number of amides is 15. The Bertz CT molecular complexity index is 4530. The Morgan fingerprint density at radius 2 is 0.865 bits per heavy atom. The molecule has 52 heteroatoms. The van der Waals surface area contributed by atoms with E-state index in [9.17, 15) is 29.4 Å². The fraction of sp³-hybridized carbons (Fsp3) is 0.629. The Morgan fingerprint density at radius 3 is 1.33 bits per heavy atom. The van der Waals surface area contributed by atoms with E-state index in [2.05, 4.69) is 95.4 Å². The molecule has 7 rings (SSSR count). The van der Waals surface area contributed by atoms with Gasteiger partial charge < -0.3 is 164 Å². The zero-order valence-electron chi connectivity index (χ0n) is 79.9. The number of carbonyl (C=O) groups is 14. The lowest BCUT2D eigenvalue weighted by atomic mass is 9.56. The fourth-order valence-electron chi connectivity index (χ4n) is 17.2. The van der Waals surface area contributed by atoms with Crippen molar-refractivity contribution in [1.82, 2.24) is 90.4 Å². The maximum Gasteiger partial charge on any atom is 0.312 e. The molecule has 2 aromatic carbocycles. The lowest BCUT2D eigenvalue weighted by molar-refractivity contribution is -0.135. The van der Waals surface area contributed by atoms with Gasteiger partial charge >= 0.3 is 6.03 Å². The second kappa shape index (κ2) is 61.9. The molecule has 0 spiro atoms. The zero-order valence-corrected chi connectivity index (χ0v) is 82.3. The molecule has 5 aliphatic rings. The van der Waals surface area contributed by atoms with Crippen LogP contribution in [0.25, 0.3) is 0 Å². The second-order valence-electron chi connectivity index (χ2n) is 36.1. The average molecular weight is 2030 g/mol. The van der Waals surface area contributed by atoms with Crippen LogP contribution in [0.3, 0.4) is 0 Å². The topological polar surface area (TPSA) is 878 Å². The van der Waals surface area contributed by atoms with Crippen LogP contribution >= 0.6 is 33.3 Å². The molecule has 784 valence electrons. The predicted molar refractivity (Wildman–Crippen MR) is 540 cm³/mol. The molecular formula is C89H149N33O16S3. The van der Waals surface area contributed by atoms with Crippen molar-refractivity contribution in [2.24, 2.45) is 91.7 Å². The smallest absolute Gasteiger partial charge is 0.312 e. The van der Waals surface area contributed by atoms with Crippen LogP contribution in [0.1, 0.15) is 172 Å². The number of aliphatic imine (C=N–C) groups is 1. The third-order valence-electron chi connectivity index (χ3n) is 24.3. The van der Waals surface area contributed by atoms with Gasteiger partial charge in [-0.15, -0.1) is 0 Å². The first-order chi connectivity index (χ1) is 67.1. The summed E-state index contributed by atoms with van der Waals surface area (Å²) >= 11 is 1.50. The Balaban J connectivity index is 1.59. The minimum Gasteiger partial charge on any atom is -0.508 e. The van der Waals surface area contributed by atoms with E-state index in [4.69, 9.17) is 84.7 Å². The van der Waals surface area contributed by atoms with Gasteiger partial charge in [-0.1, -0.05) is 64.9 Å². The number of primary amides is 2. The number of nitrogens with one attached hydrogen (secondary N) is 21. The third kappa shape index (κ3) is 44.4. The number of guanidine groups is 5. The van der Waals surface area contributed by atoms with Crippen molar-refractivity contribution in [2.75, 3.05) is 69.6 Å². The average Bonchev–Trinajstić information content (AvgIpc) is 0.749. The molecule has 0 aromatic heterocycles. The Hall–Kier alpha value is -12.6. The number of nitrogens with zero attached hydrogens (tertiary/aromatic N) is 1. The number of hydrogen-bond donors (Lipinski definition) is 34. The summed E-state index contributed by atoms with van der Waals surface area (Å²) in [5, 5.41) is 98.6. The van der Waals surface area contributed by atoms with Crippen molar-refractivity contribution >= 4 is 146 Å². The molecule has 15 amide bonds. The number of thioether (sulfide) groups is 1. The Labute approximate surface area is 832 Å². The first-order valence-corrected chi connectivity index (χ1v) is 51.2. The van der Waals surface area contributed by atoms with Gasteiger partial charge in [0.2, 0.25) is 76.8 Å². The monoisotopic (exact) mass is 2030 g/mol. The molecule has 1 aliphatic heterocycles. The summed E-state index contributed by atoms with van der Waals surface area (Å²) in [6.07, 6.45) is 9.19. The number of hydrogen-bond acceptors (Lipinski definition) is 27. The molecule has 1 heterocycles. The maximum absolute atomic E-state index is 16.1. The van der Waals surface area contributed by atoms with Crippen LogP contribution in [0, 0.1) is 45.3 Å². The summed E-state index contributed by atoms with van der Waals surface area (Å²) in [5.74, 6) is -15.4. The van der Waals surface area contributed by atoms with E-state index in [1.807, 2.05) is 0 Å². The molecule has 14 atom stereocenters. The SMILES string of the molecule is C[C@H]1C=C[C@@H](CCCCN)NC(=O)[C@H](CCCCN)NC(=O)[C@@H](CCCNC(=N)N)NC(=O)[C@H](Cc2ccc(O)cc2)NC(=O)[C@@H](NC(=O)[C@H](CSC23CC4CC(CC(C4)C2)C3)NC(=O)[C@H](CCCNC(=N)N)NC(=O)[C@@H](N)CCCN=C(N)N)CSSC[C@@H](C(=O)N[C@@H](CCCNC(=N)N)C(N)=O)NC(=O)C(CCCNC(N)=O)NC(=O)[C@@H](CCCNC(=N)N)NC(=O)[C@H](Cc2ccc(O)cc2)NC1=O. The van der Waals surface area contributed by atoms with Crippen molar-refractivity contribution in [2.45, 2.75) is 257 Å². The summed E-state index contributed by atoms with van der Waals surface area (Å²) in [4.78, 5) is 213. The van der Waals surface area contributed by atoms with Gasteiger partial charge in [-0.05, 0) is 220 Å². The molecule has 45 N–H and O–H groups in total. The highest BCUT2D eigenvalue weighted by Crippen LogP contribution is 2.60. The van der Waals surface area contributed by atoms with Crippen LogP contribution in [-0.4, -0.2) is 276 Å². The summed E-state index contributed by atoms with van der Waals surface area (Å²) in [6.45, 7) is 1.93. The Kier molecular flexibility index (Phi) is 51.4. The lowest BCUT2D eigenvalue weighted by Crippen LogP contribution is -2.61. The van der Waals surface area contributed by atoms with Crippen LogP contribution in [0.15, 0.2) is 65.7 Å². The van der Waals surface area contributed by atoms with Crippen molar-refractivity contribution in [3.8, 4) is 11.5 Å². The van der Waals surface area contributed by atoms with Crippen LogP contribution in [0.2, 0.25) is 0 Å². The van der Waals surface area contributed by atoms with Gasteiger partial charge in [0.05, 0.1) is 12.0 Å². The highest BCUT2D eigenvalue weighted by molar-refractivity contribution is 8.76. The highest BCUT2D eigenvalue weighted by atomic mass is 33.1. The van der Waals surface area contributed by atoms with E-state index < -0.39 is 203 Å². The van der Waals surface area contributed by atoms with Crippen molar-refractivity contribution < 1.29 is 77.3 Å². The molecule has 1 unspecified atom stereocenters. The van der Waals surface area contributed by atoms with Gasteiger partial charge in [-0.3, -0.25) is 89.0 Å². The number of unbranched alkanes of at least 4 members (excludes halogenated alkanes) is 2. The van der Waals surface area contributed by atoms with Crippen LogP contribution < -0.4 is 153 Å². The minimum atomic E-state index is -1.81. The van der Waals surface area contributed by atoms with E-state index in [0.717, 1.165) is 60.1 Å². The number of rotatable bonds is 48. The predicted octanol–water partition coefficient (Wildman–Crippen LogP) is -5.38. The molecule has 0 saturated heterocycles. The van der Waals surface area contributed by atoms with E-state index in [1.165, 1.54) is 73.3 Å². The standard InChI is InChI=1S/C89H149N33O16S3/c1-49-20-25-55(12-2-4-30-90)111-73(128)60(14-3-5-31-91)114-74(129)62(17-9-35-108-86(100)101)117-79(134)66(42-51-23-28-57(124)29-24-51)119-82(137)69(122-80(135)67(46-139-89-43-52-38-53(44-89)40-54(39-52)45-89)120-76(131)61(16-8-34-107-85(98)99)113-72(127)58(92)13-6-32-105-83(94)95)48-141-140-47-68(81(136)112-59(70(93)125)15-7-33-106-84(96)97)121-77(132)64(19-11-37-110-88(104)138)115-75(130)63(18-10-36-109-87(102)103)116-78(133)65(118-71(49)126)41-50-21-26-56(123)27-22-50/h20-29,49,52-55,58-69,123-124H,2-19,30-48,90-92H2,1H3,(H2,93,125)(H,111,128)(H,112,136)(H,113,127)(H,114,129)(H,115,130)(H,116,133)(H,117,134)(H,118,126)(H,119,137)(H,120,131)(H,121,132)(H,122,135)(H4,94,95,105)(H4,96,97,106)(H4,98,99,107)(H4,100,101,108)(H4,102,103,109)(H3,104,110,138)/t49-,52?,53?,54?,55+,58-,59-,60-,61-,62+,63+,64?,65-,66-,67-,68-,69-,89?/m0/s1. The molecule has 49 nitrogen and oxygen atoms in total. The number of nitrogens with two attached hydrogens (primary N) is 11. The molecule has 4 saturated carbocycles. The van der Waals surface area contributed by atoms with Gasteiger partial charge in [-0.25, -0.2) is 4.79 Å². The number of urea groups is 1. The first kappa shape index (κ1) is 117. The van der Waals surface area contributed by atoms with Crippen molar-refractivity contribution in [3.05, 3.63) is 71.8 Å². The highest BCUT2D eigenvalue weighted by Gasteiger charge is 2.52. The van der Waals surface area contributed by atoms with Crippen LogP contribution in [0.5, 0.6) is 11.5 Å². The maximum atomic E-state index is 16.1. The van der Waals surface area contributed by atoms with Gasteiger partial charge in [0.15, 0.2) is 29.8 Å². The molecule has 4 fully saturated rings. The lowest BCUT2D eigenvalue weighted by Gasteiger charge is -2.56. The minimum absolute atomic E-state index is 0.00830. The summed E-state index contributed by atoms with van der Waals surface area (Å²) in [7, 11) is 1.63. The molecule has 4 bridgehead atoms. The van der Waals surface area contributed by atoms with Gasteiger partial charge in [0.25, 0.3) is 0 Å². The number of phenolic OH excluding ortho intramolecular Hbond substituents is 2. The van der Waals surface area contributed by atoms with Crippen molar-refractivity contribution in [3.63, 3.8) is 0 Å². The summed E-state index contributed by atoms with van der Waals surface area (Å²) < 4.78 is -0.340.